The van der Waals surface area contributed by atoms with Gasteiger partial charge in [-0.1, -0.05) is 50.4 Å². The van der Waals surface area contributed by atoms with Gasteiger partial charge in [0.2, 0.25) is 5.91 Å². The molecule has 0 spiro atoms. The Bertz CT molecular complexity index is 928. The van der Waals surface area contributed by atoms with E-state index in [2.05, 4.69) is 10.3 Å². The van der Waals surface area contributed by atoms with Gasteiger partial charge in [-0.3, -0.25) is 14.9 Å². The Morgan fingerprint density at radius 2 is 1.78 bits per heavy atom. The maximum atomic E-state index is 12.7. The van der Waals surface area contributed by atoms with E-state index in [-0.39, 0.29) is 36.3 Å². The van der Waals surface area contributed by atoms with Gasteiger partial charge in [0, 0.05) is 11.2 Å². The largest absolute Gasteiger partial charge is 0.486 e. The van der Waals surface area contributed by atoms with Crippen LogP contribution in [0.15, 0.2) is 36.5 Å². The predicted octanol–water partition coefficient (Wildman–Crippen LogP) is 3.65. The number of nitrogens with one attached hydrogen (secondary N) is 1. The quantitative estimate of drug-likeness (QED) is 0.490. The first-order chi connectivity index (χ1) is 15.4. The van der Waals surface area contributed by atoms with Crippen molar-refractivity contribution in [2.45, 2.75) is 52.2 Å². The number of carbonyl (C=O) groups excluding carboxylic acids is 3. The van der Waals surface area contributed by atoms with Crippen LogP contribution in [0.1, 0.15) is 65.9 Å². The highest BCUT2D eigenvalue weighted by Crippen LogP contribution is 2.22. The third kappa shape index (κ3) is 7.62. The smallest absolute Gasteiger partial charge is 0.340 e. The summed E-state index contributed by atoms with van der Waals surface area (Å²) in [5.41, 5.74) is 6.05. The van der Waals surface area contributed by atoms with E-state index >= 15 is 0 Å². The fourth-order valence-corrected chi connectivity index (χ4v) is 3.07. The van der Waals surface area contributed by atoms with Gasteiger partial charge in [0.15, 0.2) is 11.4 Å². The zero-order valence-corrected chi connectivity index (χ0v) is 19.0. The van der Waals surface area contributed by atoms with Crippen LogP contribution in [0.4, 0.5) is 0 Å². The fraction of sp³-hybridized carbons (Fsp3) is 0.391. The van der Waals surface area contributed by atoms with Crippen molar-refractivity contribution in [3.63, 3.8) is 0 Å². The second kappa shape index (κ2) is 12.8. The number of rotatable bonds is 11. The fourth-order valence-electron chi connectivity index (χ4n) is 2.94. The molecule has 0 radical (unpaired) electrons. The molecule has 9 heteroatoms. The molecule has 3 N–H and O–H groups in total. The summed E-state index contributed by atoms with van der Waals surface area (Å²) >= 11 is 5.90. The summed E-state index contributed by atoms with van der Waals surface area (Å²) in [7, 11) is 0. The van der Waals surface area contributed by atoms with Gasteiger partial charge >= 0.3 is 5.97 Å². The molecule has 1 aromatic heterocycles. The van der Waals surface area contributed by atoms with Crippen molar-refractivity contribution in [1.82, 2.24) is 10.3 Å². The van der Waals surface area contributed by atoms with E-state index < -0.39 is 17.8 Å². The van der Waals surface area contributed by atoms with Gasteiger partial charge in [0.1, 0.15) is 12.7 Å². The Balaban J connectivity index is 2.27. The highest BCUT2D eigenvalue weighted by molar-refractivity contribution is 6.30. The van der Waals surface area contributed by atoms with Crippen molar-refractivity contribution in [2.24, 2.45) is 5.73 Å². The highest BCUT2D eigenvalue weighted by atomic mass is 35.5. The van der Waals surface area contributed by atoms with Crippen molar-refractivity contribution in [3.8, 4) is 5.75 Å². The molecule has 1 aromatic carbocycles. The van der Waals surface area contributed by atoms with Gasteiger partial charge in [0.05, 0.1) is 12.1 Å². The molecule has 2 rings (SSSR count). The zero-order chi connectivity index (χ0) is 23.5. The number of aromatic nitrogens is 1. The lowest BCUT2D eigenvalue weighted by molar-refractivity contribution is -0.118. The number of esters is 1. The minimum atomic E-state index is -0.777. The molecular formula is C23H28ClN3O5. The number of imide groups is 1. The molecule has 0 aliphatic heterocycles. The molecule has 1 heterocycles. The first-order valence-electron chi connectivity index (χ1n) is 10.5. The van der Waals surface area contributed by atoms with E-state index in [1.807, 2.05) is 13.8 Å². The van der Waals surface area contributed by atoms with Crippen LogP contribution in [0.25, 0.3) is 0 Å². The summed E-state index contributed by atoms with van der Waals surface area (Å²) in [6.07, 6.45) is 4.33. The summed E-state index contributed by atoms with van der Waals surface area (Å²) in [5, 5.41) is 2.71. The Morgan fingerprint density at radius 1 is 1.12 bits per heavy atom. The molecule has 0 fully saturated rings. The molecule has 0 unspecified atom stereocenters. The molecule has 0 saturated heterocycles. The molecule has 0 aliphatic carbocycles. The number of hydrogen-bond acceptors (Lipinski definition) is 7. The average molecular weight is 462 g/mol. The monoisotopic (exact) mass is 461 g/mol. The van der Waals surface area contributed by atoms with Crippen molar-refractivity contribution in [3.05, 3.63) is 58.4 Å². The van der Waals surface area contributed by atoms with E-state index in [1.165, 1.54) is 12.3 Å². The molecule has 2 amide bonds. The van der Waals surface area contributed by atoms with Crippen molar-refractivity contribution >= 4 is 29.4 Å². The van der Waals surface area contributed by atoms with Crippen molar-refractivity contribution in [2.75, 3.05) is 6.54 Å². The summed E-state index contributed by atoms with van der Waals surface area (Å²) < 4.78 is 11.4. The number of halogens is 1. The maximum Gasteiger partial charge on any atom is 0.340 e. The lowest BCUT2D eigenvalue weighted by Crippen LogP contribution is -2.36. The van der Waals surface area contributed by atoms with Crippen LogP contribution in [-0.2, 0) is 16.1 Å². The van der Waals surface area contributed by atoms with Crippen LogP contribution >= 0.6 is 11.6 Å². The highest BCUT2D eigenvalue weighted by Gasteiger charge is 2.21. The number of amides is 2. The molecule has 0 aliphatic rings. The topological polar surface area (TPSA) is 121 Å². The number of benzene rings is 1. The van der Waals surface area contributed by atoms with Gasteiger partial charge < -0.3 is 15.2 Å². The Hall–Kier alpha value is -2.97. The minimum Gasteiger partial charge on any atom is -0.486 e. The first-order valence-corrected chi connectivity index (χ1v) is 10.9. The summed E-state index contributed by atoms with van der Waals surface area (Å²) in [5.74, 6) is -1.95. The average Bonchev–Trinajstić information content (AvgIpc) is 2.78. The van der Waals surface area contributed by atoms with Gasteiger partial charge in [0.25, 0.3) is 5.91 Å². The summed E-state index contributed by atoms with van der Waals surface area (Å²) in [4.78, 5) is 40.7. The van der Waals surface area contributed by atoms with E-state index in [1.54, 1.807) is 24.3 Å². The zero-order valence-electron chi connectivity index (χ0n) is 18.2. The number of carbonyl (C=O) groups is 3. The van der Waals surface area contributed by atoms with Crippen LogP contribution < -0.4 is 15.8 Å². The number of hydrogen-bond donors (Lipinski definition) is 2. The number of nitrogens with zero attached hydrogens (tertiary/aromatic N) is 1. The Morgan fingerprint density at radius 3 is 2.38 bits per heavy atom. The lowest BCUT2D eigenvalue weighted by atomic mass is 10.1. The standard InChI is InChI=1S/C23H28ClN3O5/c1-3-5-18(6-4-2)32-23(30)16-11-19(31-14-15-7-9-17(24)10-8-15)21(26-13-16)22(29)27-20(28)12-25/h7-11,13,18H,3-6,12,14,25H2,1-2H3,(H,27,28,29). The van der Waals surface area contributed by atoms with Crippen molar-refractivity contribution < 1.29 is 23.9 Å². The third-order valence-electron chi connectivity index (χ3n) is 4.54. The molecule has 8 nitrogen and oxygen atoms in total. The molecule has 172 valence electrons. The number of nitrogens with two attached hydrogens (primary N) is 1. The third-order valence-corrected chi connectivity index (χ3v) is 4.80. The van der Waals surface area contributed by atoms with E-state index in [4.69, 9.17) is 26.8 Å². The summed E-state index contributed by atoms with van der Waals surface area (Å²) in [6.45, 7) is 3.79. The number of pyridine rings is 1. The predicted molar refractivity (Wildman–Crippen MR) is 121 cm³/mol. The van der Waals surface area contributed by atoms with Crippen LogP contribution in [-0.4, -0.2) is 35.4 Å². The molecule has 32 heavy (non-hydrogen) atoms. The normalized spacial score (nSPS) is 10.7. The van der Waals surface area contributed by atoms with Crippen LogP contribution in [0.3, 0.4) is 0 Å². The second-order valence-electron chi connectivity index (χ2n) is 7.17. The van der Waals surface area contributed by atoms with Gasteiger partial charge in [-0.15, -0.1) is 0 Å². The van der Waals surface area contributed by atoms with Crippen LogP contribution in [0.2, 0.25) is 5.02 Å². The van der Waals surface area contributed by atoms with E-state index in [0.29, 0.717) is 5.02 Å². The Kier molecular flexibility index (Phi) is 10.1. The molecular weight excluding hydrogens is 434 g/mol. The molecule has 2 aromatic rings. The minimum absolute atomic E-state index is 0.0410. The Labute approximate surface area is 192 Å². The van der Waals surface area contributed by atoms with Crippen LogP contribution in [0.5, 0.6) is 5.75 Å². The lowest BCUT2D eigenvalue weighted by Gasteiger charge is -2.17. The second-order valence-corrected chi connectivity index (χ2v) is 7.61. The SMILES string of the molecule is CCCC(CCC)OC(=O)c1cnc(C(=O)NC(=O)CN)c(OCc2ccc(Cl)cc2)c1. The molecule has 0 atom stereocenters. The van der Waals surface area contributed by atoms with Crippen molar-refractivity contribution in [1.29, 1.82) is 0 Å². The summed E-state index contributed by atoms with van der Waals surface area (Å²) in [6, 6.07) is 8.35. The van der Waals surface area contributed by atoms with E-state index in [0.717, 1.165) is 31.2 Å². The van der Waals surface area contributed by atoms with E-state index in [9.17, 15) is 14.4 Å². The van der Waals surface area contributed by atoms with Crippen LogP contribution in [0, 0.1) is 0 Å². The molecule has 0 bridgehead atoms. The first kappa shape index (κ1) is 25.3. The van der Waals surface area contributed by atoms with Gasteiger partial charge in [-0.05, 0) is 36.6 Å². The van der Waals surface area contributed by atoms with Gasteiger partial charge in [-0.2, -0.15) is 0 Å². The molecule has 0 saturated carbocycles. The number of ether oxygens (including phenoxy) is 2. The maximum absolute atomic E-state index is 12.7. The van der Waals surface area contributed by atoms with Gasteiger partial charge in [-0.25, -0.2) is 9.78 Å².